The Balaban J connectivity index is 1.86. The fraction of sp³-hybridized carbons (Fsp3) is 0.167. The van der Waals surface area contributed by atoms with E-state index in [1.54, 1.807) is 74.5 Å². The Morgan fingerprint density at radius 3 is 2.38 bits per heavy atom. The van der Waals surface area contributed by atoms with Crippen LogP contribution in [0.4, 0.5) is 11.4 Å². The summed E-state index contributed by atoms with van der Waals surface area (Å²) in [4.78, 5) is 12.9. The number of sulfonamides is 1. The second kappa shape index (κ2) is 9.98. The number of ether oxygens (including phenoxy) is 1. The maximum atomic E-state index is 13.4. The first kappa shape index (κ1) is 22.8. The summed E-state index contributed by atoms with van der Waals surface area (Å²) in [5, 5.41) is 11.3. The molecule has 0 spiro atoms. The number of rotatable bonds is 8. The van der Waals surface area contributed by atoms with Gasteiger partial charge in [-0.1, -0.05) is 24.3 Å². The molecule has 3 aromatic rings. The molecular weight excluding hydrogens is 426 g/mol. The van der Waals surface area contributed by atoms with Crippen LogP contribution in [-0.4, -0.2) is 27.5 Å². The molecule has 0 saturated carbocycles. The molecule has 0 atom stereocenters. The van der Waals surface area contributed by atoms with Crippen molar-refractivity contribution in [2.75, 3.05) is 22.8 Å². The van der Waals surface area contributed by atoms with E-state index in [2.05, 4.69) is 5.32 Å². The topological polar surface area (TPSA) is 99.5 Å². The fourth-order valence-electron chi connectivity index (χ4n) is 3.18. The predicted octanol–water partition coefficient (Wildman–Crippen LogP) is 4.36. The molecule has 0 aliphatic carbocycles. The summed E-state index contributed by atoms with van der Waals surface area (Å²) in [6.07, 6.45) is 0. The maximum Gasteiger partial charge on any atom is 0.264 e. The van der Waals surface area contributed by atoms with Crippen LogP contribution in [0, 0.1) is 18.3 Å². The molecular formula is C24H23N3O4S. The average Bonchev–Trinajstić information content (AvgIpc) is 2.79. The number of nitrogens with zero attached hydrogens (tertiary/aromatic N) is 2. The summed E-state index contributed by atoms with van der Waals surface area (Å²) in [6.45, 7) is 3.65. The van der Waals surface area contributed by atoms with E-state index in [0.717, 1.165) is 0 Å². The highest BCUT2D eigenvalue weighted by Gasteiger charge is 2.26. The molecule has 0 unspecified atom stereocenters. The summed E-state index contributed by atoms with van der Waals surface area (Å²) in [6, 6.07) is 21.9. The Morgan fingerprint density at radius 2 is 1.75 bits per heavy atom. The lowest BCUT2D eigenvalue weighted by molar-refractivity contribution is 0.102. The maximum absolute atomic E-state index is 13.4. The molecule has 32 heavy (non-hydrogen) atoms. The minimum Gasteiger partial charge on any atom is -0.479 e. The minimum atomic E-state index is -3.87. The zero-order valence-corrected chi connectivity index (χ0v) is 18.6. The van der Waals surface area contributed by atoms with Gasteiger partial charge in [0.25, 0.3) is 15.9 Å². The first-order chi connectivity index (χ1) is 15.4. The van der Waals surface area contributed by atoms with Crippen molar-refractivity contribution in [1.82, 2.24) is 0 Å². The number of hydrogen-bond acceptors (Lipinski definition) is 5. The van der Waals surface area contributed by atoms with Gasteiger partial charge in [0.2, 0.25) is 0 Å². The third-order valence-corrected chi connectivity index (χ3v) is 6.81. The van der Waals surface area contributed by atoms with Crippen molar-refractivity contribution in [1.29, 1.82) is 5.26 Å². The summed E-state index contributed by atoms with van der Waals surface area (Å²) >= 11 is 0. The van der Waals surface area contributed by atoms with Crippen LogP contribution in [0.2, 0.25) is 0 Å². The number of anilines is 2. The number of carbonyl (C=O) groups is 1. The van der Waals surface area contributed by atoms with Gasteiger partial charge >= 0.3 is 0 Å². The molecule has 0 aliphatic heterocycles. The number of amides is 1. The van der Waals surface area contributed by atoms with Crippen molar-refractivity contribution in [2.24, 2.45) is 0 Å². The largest absolute Gasteiger partial charge is 0.479 e. The van der Waals surface area contributed by atoms with Gasteiger partial charge in [0.1, 0.15) is 11.8 Å². The number of hydrogen-bond donors (Lipinski definition) is 1. The zero-order valence-electron chi connectivity index (χ0n) is 17.8. The smallest absolute Gasteiger partial charge is 0.264 e. The Kier molecular flexibility index (Phi) is 7.13. The first-order valence-corrected chi connectivity index (χ1v) is 11.4. The molecule has 0 heterocycles. The Hall–Kier alpha value is -3.83. The average molecular weight is 450 g/mol. The summed E-state index contributed by atoms with van der Waals surface area (Å²) in [5.41, 5.74) is 1.85. The van der Waals surface area contributed by atoms with E-state index >= 15 is 0 Å². The molecule has 0 bridgehead atoms. The van der Waals surface area contributed by atoms with Crippen LogP contribution in [0.1, 0.15) is 22.8 Å². The molecule has 0 aliphatic rings. The molecule has 0 fully saturated rings. The molecule has 3 rings (SSSR count). The van der Waals surface area contributed by atoms with E-state index in [-0.39, 0.29) is 23.6 Å². The van der Waals surface area contributed by atoms with Gasteiger partial charge in [-0.05, 0) is 67.9 Å². The van der Waals surface area contributed by atoms with Gasteiger partial charge in [-0.2, -0.15) is 5.26 Å². The highest BCUT2D eigenvalue weighted by Crippen LogP contribution is 2.26. The Morgan fingerprint density at radius 1 is 1.06 bits per heavy atom. The summed E-state index contributed by atoms with van der Waals surface area (Å²) in [7, 11) is -3.87. The van der Waals surface area contributed by atoms with Crippen LogP contribution < -0.4 is 14.4 Å². The second-order valence-corrected chi connectivity index (χ2v) is 8.74. The van der Waals surface area contributed by atoms with Gasteiger partial charge in [-0.3, -0.25) is 9.10 Å². The molecule has 0 aromatic heterocycles. The highest BCUT2D eigenvalue weighted by molar-refractivity contribution is 7.92. The number of nitrogens with one attached hydrogen (secondary N) is 1. The van der Waals surface area contributed by atoms with Crippen LogP contribution in [-0.2, 0) is 10.0 Å². The molecule has 1 N–H and O–H groups in total. The zero-order chi connectivity index (χ0) is 23.1. The minimum absolute atomic E-state index is 0.0654. The molecule has 0 saturated heterocycles. The van der Waals surface area contributed by atoms with Crippen molar-refractivity contribution in [3.05, 3.63) is 83.9 Å². The molecule has 7 nitrogen and oxygen atoms in total. The predicted molar refractivity (Wildman–Crippen MR) is 123 cm³/mol. The Labute approximate surface area is 187 Å². The van der Waals surface area contributed by atoms with Crippen LogP contribution >= 0.6 is 0 Å². The highest BCUT2D eigenvalue weighted by atomic mass is 32.2. The van der Waals surface area contributed by atoms with E-state index < -0.39 is 15.9 Å². The second-order valence-electron chi connectivity index (χ2n) is 6.91. The van der Waals surface area contributed by atoms with Gasteiger partial charge in [0.05, 0.1) is 10.6 Å². The molecule has 3 aromatic carbocycles. The van der Waals surface area contributed by atoms with Crippen molar-refractivity contribution in [2.45, 2.75) is 18.7 Å². The van der Waals surface area contributed by atoms with Crippen LogP contribution in [0.3, 0.4) is 0 Å². The lowest BCUT2D eigenvalue weighted by atomic mass is 10.1. The Bertz CT molecular complexity index is 1230. The normalized spacial score (nSPS) is 10.8. The molecule has 1 amide bonds. The van der Waals surface area contributed by atoms with Gasteiger partial charge in [0.15, 0.2) is 6.61 Å². The van der Waals surface area contributed by atoms with Crippen molar-refractivity contribution in [3.63, 3.8) is 0 Å². The SMILES string of the molecule is CCN(c1ccccc1)S(=O)(=O)c1cc(C(=O)Nc2ccc(OCC#N)cc2)ccc1C. The monoisotopic (exact) mass is 449 g/mol. The first-order valence-electron chi connectivity index (χ1n) is 9.96. The fourth-order valence-corrected chi connectivity index (χ4v) is 4.90. The number of nitriles is 1. The third kappa shape index (κ3) is 5.07. The number of aryl methyl sites for hydroxylation is 1. The van der Waals surface area contributed by atoms with E-state index in [1.807, 2.05) is 12.1 Å². The standard InChI is InChI=1S/C24H23N3O4S/c1-3-27(21-7-5-4-6-8-21)32(29,30)23-17-19(10-9-18(23)2)24(28)26-20-11-13-22(14-12-20)31-16-15-25/h4-14,17H,3,16H2,1-2H3,(H,26,28). The van der Waals surface area contributed by atoms with Crippen LogP contribution in [0.15, 0.2) is 77.7 Å². The molecule has 164 valence electrons. The van der Waals surface area contributed by atoms with E-state index in [9.17, 15) is 13.2 Å². The number of carbonyl (C=O) groups excluding carboxylic acids is 1. The molecule has 0 radical (unpaired) electrons. The van der Waals surface area contributed by atoms with Gasteiger partial charge in [-0.25, -0.2) is 8.42 Å². The van der Waals surface area contributed by atoms with Crippen molar-refractivity contribution < 1.29 is 17.9 Å². The summed E-state index contributed by atoms with van der Waals surface area (Å²) in [5.74, 6) is 0.0729. The van der Waals surface area contributed by atoms with E-state index in [1.165, 1.54) is 10.4 Å². The quantitative estimate of drug-likeness (QED) is 0.551. The van der Waals surface area contributed by atoms with Gasteiger partial charge in [0, 0.05) is 17.8 Å². The van der Waals surface area contributed by atoms with E-state index in [4.69, 9.17) is 10.00 Å². The summed E-state index contributed by atoms with van der Waals surface area (Å²) < 4.78 is 33.3. The number of para-hydroxylation sites is 1. The lowest BCUT2D eigenvalue weighted by Gasteiger charge is -2.24. The van der Waals surface area contributed by atoms with Crippen LogP contribution in [0.25, 0.3) is 0 Å². The van der Waals surface area contributed by atoms with Crippen molar-refractivity contribution >= 4 is 27.3 Å². The third-order valence-electron chi connectivity index (χ3n) is 4.77. The molecule has 8 heteroatoms. The lowest BCUT2D eigenvalue weighted by Crippen LogP contribution is -2.31. The van der Waals surface area contributed by atoms with Gasteiger partial charge < -0.3 is 10.1 Å². The van der Waals surface area contributed by atoms with Gasteiger partial charge in [-0.15, -0.1) is 0 Å². The van der Waals surface area contributed by atoms with E-state index in [0.29, 0.717) is 22.7 Å². The van der Waals surface area contributed by atoms with Crippen LogP contribution in [0.5, 0.6) is 5.75 Å². The van der Waals surface area contributed by atoms with Crippen molar-refractivity contribution in [3.8, 4) is 11.8 Å². The number of benzene rings is 3.